The van der Waals surface area contributed by atoms with Crippen LogP contribution in [0.25, 0.3) is 0 Å². The quantitative estimate of drug-likeness (QED) is 0.886. The van der Waals surface area contributed by atoms with Crippen LogP contribution in [0.5, 0.6) is 0 Å². The number of carboxylic acid groups (broad SMARTS) is 1. The summed E-state index contributed by atoms with van der Waals surface area (Å²) in [5.74, 6) is -1.20. The molecule has 0 unspecified atom stereocenters. The van der Waals surface area contributed by atoms with Gasteiger partial charge in [0.05, 0.1) is 5.92 Å². The SMILES string of the molecule is O=C(NC1CC(C(=O)O)C1)c1ccc(Br)o1. The van der Waals surface area contributed by atoms with E-state index in [2.05, 4.69) is 21.2 Å². The van der Waals surface area contributed by atoms with E-state index in [0.29, 0.717) is 17.5 Å². The van der Waals surface area contributed by atoms with Gasteiger partial charge in [-0.2, -0.15) is 0 Å². The number of furan rings is 1. The van der Waals surface area contributed by atoms with Crippen LogP contribution in [0.4, 0.5) is 0 Å². The van der Waals surface area contributed by atoms with Crippen molar-refractivity contribution in [2.45, 2.75) is 18.9 Å². The fourth-order valence-corrected chi connectivity index (χ4v) is 1.94. The Morgan fingerprint density at radius 3 is 2.62 bits per heavy atom. The zero-order valence-corrected chi connectivity index (χ0v) is 9.86. The third kappa shape index (κ3) is 2.27. The van der Waals surface area contributed by atoms with Crippen molar-refractivity contribution in [2.24, 2.45) is 5.92 Å². The lowest BCUT2D eigenvalue weighted by molar-refractivity contribution is -0.145. The monoisotopic (exact) mass is 287 g/mol. The highest BCUT2D eigenvalue weighted by atomic mass is 79.9. The molecule has 0 bridgehead atoms. The highest BCUT2D eigenvalue weighted by Crippen LogP contribution is 2.27. The summed E-state index contributed by atoms with van der Waals surface area (Å²) in [6.07, 6.45) is 0.978. The molecule has 6 heteroatoms. The molecule has 1 aliphatic rings. The van der Waals surface area contributed by atoms with E-state index in [-0.39, 0.29) is 23.6 Å². The third-order valence-corrected chi connectivity index (χ3v) is 3.05. The predicted molar refractivity (Wildman–Crippen MR) is 58.0 cm³/mol. The maximum atomic E-state index is 11.6. The molecule has 1 fully saturated rings. The molecule has 2 N–H and O–H groups in total. The average molecular weight is 288 g/mol. The van der Waals surface area contributed by atoms with Gasteiger partial charge < -0.3 is 14.8 Å². The molecule has 1 saturated carbocycles. The molecule has 0 aromatic carbocycles. The summed E-state index contributed by atoms with van der Waals surface area (Å²) >= 11 is 3.10. The molecule has 1 aromatic heterocycles. The Hall–Kier alpha value is -1.30. The molecule has 0 radical (unpaired) electrons. The number of carbonyl (C=O) groups is 2. The van der Waals surface area contributed by atoms with Gasteiger partial charge in [0.2, 0.25) is 0 Å². The van der Waals surface area contributed by atoms with Gasteiger partial charge in [0.25, 0.3) is 5.91 Å². The van der Waals surface area contributed by atoms with Gasteiger partial charge in [-0.1, -0.05) is 0 Å². The number of carboxylic acids is 1. The molecule has 2 rings (SSSR count). The molecule has 1 aromatic rings. The van der Waals surface area contributed by atoms with Crippen LogP contribution in [0.15, 0.2) is 21.2 Å². The Kier molecular flexibility index (Phi) is 3.00. The second-order valence-electron chi connectivity index (χ2n) is 3.78. The van der Waals surface area contributed by atoms with Crippen LogP contribution in [-0.4, -0.2) is 23.0 Å². The average Bonchev–Trinajstić information content (AvgIpc) is 2.56. The van der Waals surface area contributed by atoms with Gasteiger partial charge >= 0.3 is 5.97 Å². The van der Waals surface area contributed by atoms with Crippen LogP contribution >= 0.6 is 15.9 Å². The first-order valence-corrected chi connectivity index (χ1v) is 5.64. The zero-order chi connectivity index (χ0) is 11.7. The third-order valence-electron chi connectivity index (χ3n) is 2.62. The van der Waals surface area contributed by atoms with Crippen molar-refractivity contribution in [1.82, 2.24) is 5.32 Å². The minimum Gasteiger partial charge on any atom is -0.481 e. The van der Waals surface area contributed by atoms with Gasteiger partial charge in [-0.05, 0) is 40.9 Å². The Morgan fingerprint density at radius 1 is 1.44 bits per heavy atom. The molecule has 16 heavy (non-hydrogen) atoms. The van der Waals surface area contributed by atoms with E-state index in [1.807, 2.05) is 0 Å². The topological polar surface area (TPSA) is 79.5 Å². The van der Waals surface area contributed by atoms with E-state index < -0.39 is 5.97 Å². The summed E-state index contributed by atoms with van der Waals surface area (Å²) in [4.78, 5) is 22.1. The second-order valence-corrected chi connectivity index (χ2v) is 4.56. The Balaban J connectivity index is 1.84. The number of carbonyl (C=O) groups excluding carboxylic acids is 1. The van der Waals surface area contributed by atoms with Crippen molar-refractivity contribution in [3.8, 4) is 0 Å². The van der Waals surface area contributed by atoms with E-state index in [9.17, 15) is 9.59 Å². The van der Waals surface area contributed by atoms with E-state index in [1.54, 1.807) is 12.1 Å². The van der Waals surface area contributed by atoms with E-state index in [1.165, 1.54) is 0 Å². The molecule has 0 saturated heterocycles. The molecule has 86 valence electrons. The maximum Gasteiger partial charge on any atom is 0.306 e. The minimum atomic E-state index is -0.800. The smallest absolute Gasteiger partial charge is 0.306 e. The summed E-state index contributed by atoms with van der Waals surface area (Å²) in [6, 6.07) is 3.14. The number of aliphatic carboxylic acids is 1. The largest absolute Gasteiger partial charge is 0.481 e. The van der Waals surface area contributed by atoms with Gasteiger partial charge in [0, 0.05) is 6.04 Å². The Morgan fingerprint density at radius 2 is 2.12 bits per heavy atom. The molecular weight excluding hydrogens is 278 g/mol. The molecule has 0 spiro atoms. The van der Waals surface area contributed by atoms with Crippen LogP contribution in [0.2, 0.25) is 0 Å². The Labute approximate surface area is 99.9 Å². The molecule has 1 aliphatic carbocycles. The lowest BCUT2D eigenvalue weighted by atomic mass is 9.80. The number of halogens is 1. The first-order valence-electron chi connectivity index (χ1n) is 4.85. The summed E-state index contributed by atoms with van der Waals surface area (Å²) in [7, 11) is 0. The lowest BCUT2D eigenvalue weighted by Gasteiger charge is -2.32. The molecular formula is C10H10BrNO4. The lowest BCUT2D eigenvalue weighted by Crippen LogP contribution is -2.46. The van der Waals surface area contributed by atoms with Crippen LogP contribution in [0.1, 0.15) is 23.4 Å². The van der Waals surface area contributed by atoms with Crippen molar-refractivity contribution in [2.75, 3.05) is 0 Å². The zero-order valence-electron chi connectivity index (χ0n) is 8.27. The van der Waals surface area contributed by atoms with E-state index >= 15 is 0 Å². The van der Waals surface area contributed by atoms with Crippen molar-refractivity contribution < 1.29 is 19.1 Å². The molecule has 0 aliphatic heterocycles. The van der Waals surface area contributed by atoms with Crippen molar-refractivity contribution in [3.05, 3.63) is 22.6 Å². The number of nitrogens with one attached hydrogen (secondary N) is 1. The minimum absolute atomic E-state index is 0.0579. The van der Waals surface area contributed by atoms with Crippen molar-refractivity contribution >= 4 is 27.8 Å². The van der Waals surface area contributed by atoms with Crippen molar-refractivity contribution in [1.29, 1.82) is 0 Å². The van der Waals surface area contributed by atoms with Gasteiger partial charge in [-0.15, -0.1) is 0 Å². The van der Waals surface area contributed by atoms with E-state index in [0.717, 1.165) is 0 Å². The first-order chi connectivity index (χ1) is 7.56. The van der Waals surface area contributed by atoms with Gasteiger partial charge in [0.15, 0.2) is 10.4 Å². The summed E-state index contributed by atoms with van der Waals surface area (Å²) in [5.41, 5.74) is 0. The van der Waals surface area contributed by atoms with Crippen LogP contribution in [-0.2, 0) is 4.79 Å². The number of hydrogen-bond acceptors (Lipinski definition) is 3. The highest BCUT2D eigenvalue weighted by Gasteiger charge is 2.35. The molecule has 5 nitrogen and oxygen atoms in total. The fraction of sp³-hybridized carbons (Fsp3) is 0.400. The second kappa shape index (κ2) is 4.29. The predicted octanol–water partition coefficient (Wildman–Crippen LogP) is 1.64. The summed E-state index contributed by atoms with van der Waals surface area (Å²) in [6.45, 7) is 0. The molecule has 1 heterocycles. The maximum absolute atomic E-state index is 11.6. The fourth-order valence-electron chi connectivity index (χ4n) is 1.63. The van der Waals surface area contributed by atoms with Crippen molar-refractivity contribution in [3.63, 3.8) is 0 Å². The standard InChI is InChI=1S/C10H10BrNO4/c11-8-2-1-7(16-8)9(13)12-6-3-5(4-6)10(14)15/h1-2,5-6H,3-4H2,(H,12,13)(H,14,15). The Bertz CT molecular complexity index is 422. The van der Waals surface area contributed by atoms with Crippen LogP contribution in [0, 0.1) is 5.92 Å². The van der Waals surface area contributed by atoms with Crippen LogP contribution in [0.3, 0.4) is 0 Å². The molecule has 0 atom stereocenters. The van der Waals surface area contributed by atoms with E-state index in [4.69, 9.17) is 9.52 Å². The number of amides is 1. The number of hydrogen-bond donors (Lipinski definition) is 2. The summed E-state index contributed by atoms with van der Waals surface area (Å²) < 4.78 is 5.57. The molecule has 1 amide bonds. The van der Waals surface area contributed by atoms with Crippen LogP contribution < -0.4 is 5.32 Å². The summed E-state index contributed by atoms with van der Waals surface area (Å²) in [5, 5.41) is 11.4. The van der Waals surface area contributed by atoms with Gasteiger partial charge in [-0.25, -0.2) is 0 Å². The van der Waals surface area contributed by atoms with Gasteiger partial charge in [0.1, 0.15) is 0 Å². The van der Waals surface area contributed by atoms with Gasteiger partial charge in [-0.3, -0.25) is 9.59 Å². The normalized spacial score (nSPS) is 23.6. The number of rotatable bonds is 3. The first kappa shape index (κ1) is 11.2. The highest BCUT2D eigenvalue weighted by molar-refractivity contribution is 9.10.